The summed E-state index contributed by atoms with van der Waals surface area (Å²) in [5.74, 6) is 0.573. The predicted molar refractivity (Wildman–Crippen MR) is 75.3 cm³/mol. The maximum absolute atomic E-state index is 11.0. The zero-order valence-electron chi connectivity index (χ0n) is 11.5. The number of hydrogen-bond donors (Lipinski definition) is 1. The second-order valence-corrected chi connectivity index (χ2v) is 4.02. The lowest BCUT2D eigenvalue weighted by Crippen LogP contribution is -2.21. The van der Waals surface area contributed by atoms with E-state index in [1.54, 1.807) is 13.0 Å². The third kappa shape index (κ3) is 7.26. The van der Waals surface area contributed by atoms with Crippen LogP contribution in [0.5, 0.6) is 5.75 Å². The molecule has 0 heterocycles. The van der Waals surface area contributed by atoms with E-state index in [4.69, 9.17) is 9.47 Å². The van der Waals surface area contributed by atoms with Gasteiger partial charge in [-0.3, -0.25) is 0 Å². The molecule has 1 aromatic carbocycles. The minimum Gasteiger partial charge on any atom is -0.492 e. The summed E-state index contributed by atoms with van der Waals surface area (Å²) in [6, 6.07) is 7.94. The summed E-state index contributed by atoms with van der Waals surface area (Å²) in [6.45, 7) is 6.16. The number of esters is 1. The van der Waals surface area contributed by atoms with Crippen molar-refractivity contribution in [3.8, 4) is 5.75 Å². The van der Waals surface area contributed by atoms with Crippen LogP contribution < -0.4 is 10.1 Å². The summed E-state index contributed by atoms with van der Waals surface area (Å²) in [5.41, 5.74) is 1.18. The standard InChI is InChI=1S/C15H21NO3/c1-3-18-15(17)8-5-9-16-10-11-19-14-7-4-6-13(2)12-14/h4-8,12,16H,3,9-11H2,1-2H3/b8-5+. The number of hydrogen-bond acceptors (Lipinski definition) is 4. The van der Waals surface area contributed by atoms with E-state index < -0.39 is 0 Å². The third-order valence-corrected chi connectivity index (χ3v) is 2.34. The first kappa shape index (κ1) is 15.2. The Morgan fingerprint density at radius 3 is 3.00 bits per heavy atom. The molecule has 0 unspecified atom stereocenters. The molecule has 0 amide bonds. The van der Waals surface area contributed by atoms with Crippen LogP contribution in [0.2, 0.25) is 0 Å². The molecule has 0 bridgehead atoms. The fourth-order valence-electron chi connectivity index (χ4n) is 1.48. The van der Waals surface area contributed by atoms with Crippen LogP contribution in [0.25, 0.3) is 0 Å². The molecule has 1 N–H and O–H groups in total. The molecule has 104 valence electrons. The van der Waals surface area contributed by atoms with Crippen LogP contribution in [-0.4, -0.2) is 32.3 Å². The Kier molecular flexibility index (Phi) is 7.35. The molecule has 0 fully saturated rings. The quantitative estimate of drug-likeness (QED) is 0.443. The molecule has 0 aliphatic rings. The van der Waals surface area contributed by atoms with E-state index in [9.17, 15) is 4.79 Å². The monoisotopic (exact) mass is 263 g/mol. The van der Waals surface area contributed by atoms with Gasteiger partial charge in [-0.2, -0.15) is 0 Å². The van der Waals surface area contributed by atoms with Crippen molar-refractivity contribution >= 4 is 5.97 Å². The van der Waals surface area contributed by atoms with Gasteiger partial charge in [0, 0.05) is 19.2 Å². The molecule has 0 spiro atoms. The van der Waals surface area contributed by atoms with Crippen LogP contribution in [0, 0.1) is 6.92 Å². The Morgan fingerprint density at radius 2 is 2.26 bits per heavy atom. The molecule has 1 rings (SSSR count). The Balaban J connectivity index is 2.07. The van der Waals surface area contributed by atoms with E-state index in [1.807, 2.05) is 31.2 Å². The van der Waals surface area contributed by atoms with Crippen LogP contribution in [0.4, 0.5) is 0 Å². The summed E-state index contributed by atoms with van der Waals surface area (Å²) >= 11 is 0. The van der Waals surface area contributed by atoms with Gasteiger partial charge in [-0.05, 0) is 31.5 Å². The van der Waals surface area contributed by atoms with Gasteiger partial charge in [0.05, 0.1) is 6.61 Å². The SMILES string of the molecule is CCOC(=O)/C=C/CNCCOc1cccc(C)c1. The average Bonchev–Trinajstić information content (AvgIpc) is 2.38. The van der Waals surface area contributed by atoms with Crippen LogP contribution in [0.15, 0.2) is 36.4 Å². The van der Waals surface area contributed by atoms with Crippen molar-refractivity contribution in [1.29, 1.82) is 0 Å². The highest BCUT2D eigenvalue weighted by molar-refractivity contribution is 5.81. The number of benzene rings is 1. The van der Waals surface area contributed by atoms with Crippen LogP contribution >= 0.6 is 0 Å². The van der Waals surface area contributed by atoms with Crippen LogP contribution in [0.3, 0.4) is 0 Å². The van der Waals surface area contributed by atoms with Crippen molar-refractivity contribution in [2.45, 2.75) is 13.8 Å². The van der Waals surface area contributed by atoms with E-state index in [0.29, 0.717) is 19.8 Å². The summed E-state index contributed by atoms with van der Waals surface area (Å²) < 4.78 is 10.3. The fraction of sp³-hybridized carbons (Fsp3) is 0.400. The van der Waals surface area contributed by atoms with Gasteiger partial charge in [0.25, 0.3) is 0 Å². The van der Waals surface area contributed by atoms with Gasteiger partial charge in [-0.1, -0.05) is 18.2 Å². The molecule has 0 saturated heterocycles. The molecule has 4 nitrogen and oxygen atoms in total. The summed E-state index contributed by atoms with van der Waals surface area (Å²) in [5, 5.41) is 3.15. The predicted octanol–water partition coefficient (Wildman–Crippen LogP) is 2.08. The van der Waals surface area contributed by atoms with Gasteiger partial charge in [-0.25, -0.2) is 4.79 Å². The molecular weight excluding hydrogens is 242 g/mol. The molecule has 0 aliphatic heterocycles. The Labute approximate surface area is 114 Å². The number of rotatable bonds is 8. The maximum Gasteiger partial charge on any atom is 0.330 e. The smallest absolute Gasteiger partial charge is 0.330 e. The second-order valence-electron chi connectivity index (χ2n) is 4.02. The van der Waals surface area contributed by atoms with Gasteiger partial charge in [0.2, 0.25) is 0 Å². The lowest BCUT2D eigenvalue weighted by atomic mass is 10.2. The van der Waals surface area contributed by atoms with Crippen molar-refractivity contribution in [1.82, 2.24) is 5.32 Å². The summed E-state index contributed by atoms with van der Waals surface area (Å²) in [6.07, 6.45) is 3.17. The number of ether oxygens (including phenoxy) is 2. The average molecular weight is 263 g/mol. The molecule has 0 aromatic heterocycles. The number of aryl methyl sites for hydroxylation is 1. The minimum atomic E-state index is -0.305. The molecular formula is C15H21NO3. The van der Waals surface area contributed by atoms with Crippen LogP contribution in [0.1, 0.15) is 12.5 Å². The number of nitrogens with one attached hydrogen (secondary N) is 1. The third-order valence-electron chi connectivity index (χ3n) is 2.34. The zero-order chi connectivity index (χ0) is 13.9. The Hall–Kier alpha value is -1.81. The van der Waals surface area contributed by atoms with Gasteiger partial charge >= 0.3 is 5.97 Å². The molecule has 1 aromatic rings. The van der Waals surface area contributed by atoms with Crippen LogP contribution in [-0.2, 0) is 9.53 Å². The van der Waals surface area contributed by atoms with E-state index in [1.165, 1.54) is 11.6 Å². The van der Waals surface area contributed by atoms with Gasteiger partial charge in [-0.15, -0.1) is 0 Å². The highest BCUT2D eigenvalue weighted by Crippen LogP contribution is 2.11. The highest BCUT2D eigenvalue weighted by atomic mass is 16.5. The van der Waals surface area contributed by atoms with E-state index in [2.05, 4.69) is 5.32 Å². The van der Waals surface area contributed by atoms with Crippen molar-refractivity contribution in [2.75, 3.05) is 26.3 Å². The van der Waals surface area contributed by atoms with Gasteiger partial charge < -0.3 is 14.8 Å². The van der Waals surface area contributed by atoms with E-state index in [0.717, 1.165) is 12.3 Å². The van der Waals surface area contributed by atoms with E-state index in [-0.39, 0.29) is 5.97 Å². The first-order chi connectivity index (χ1) is 9.22. The van der Waals surface area contributed by atoms with Crippen molar-refractivity contribution in [3.05, 3.63) is 42.0 Å². The highest BCUT2D eigenvalue weighted by Gasteiger charge is 1.94. The fourth-order valence-corrected chi connectivity index (χ4v) is 1.48. The van der Waals surface area contributed by atoms with E-state index >= 15 is 0 Å². The van der Waals surface area contributed by atoms with Gasteiger partial charge in [0.15, 0.2) is 0 Å². The van der Waals surface area contributed by atoms with Crippen molar-refractivity contribution in [2.24, 2.45) is 0 Å². The molecule has 0 atom stereocenters. The molecule has 0 saturated carbocycles. The Bertz CT molecular complexity index is 416. The number of carbonyl (C=O) groups excluding carboxylic acids is 1. The maximum atomic E-state index is 11.0. The zero-order valence-corrected chi connectivity index (χ0v) is 11.5. The molecule has 0 radical (unpaired) electrons. The lowest BCUT2D eigenvalue weighted by Gasteiger charge is -2.06. The first-order valence-corrected chi connectivity index (χ1v) is 6.46. The largest absolute Gasteiger partial charge is 0.492 e. The minimum absolute atomic E-state index is 0.305. The van der Waals surface area contributed by atoms with Gasteiger partial charge in [0.1, 0.15) is 12.4 Å². The van der Waals surface area contributed by atoms with Crippen molar-refractivity contribution < 1.29 is 14.3 Å². The second kappa shape index (κ2) is 9.16. The molecule has 19 heavy (non-hydrogen) atoms. The first-order valence-electron chi connectivity index (χ1n) is 6.46. The molecule has 0 aliphatic carbocycles. The van der Waals surface area contributed by atoms with Crippen molar-refractivity contribution in [3.63, 3.8) is 0 Å². The molecule has 4 heteroatoms. The summed E-state index contributed by atoms with van der Waals surface area (Å²) in [4.78, 5) is 11.0. The lowest BCUT2D eigenvalue weighted by molar-refractivity contribution is -0.137. The summed E-state index contributed by atoms with van der Waals surface area (Å²) in [7, 11) is 0. The Morgan fingerprint density at radius 1 is 1.42 bits per heavy atom. The normalized spacial score (nSPS) is 10.6. The number of carbonyl (C=O) groups is 1. The topological polar surface area (TPSA) is 47.6 Å².